The van der Waals surface area contributed by atoms with E-state index in [1.54, 1.807) is 0 Å². The summed E-state index contributed by atoms with van der Waals surface area (Å²) in [5, 5.41) is 4.49. The molecule has 0 saturated heterocycles. The molecule has 13 aromatic rings. The van der Waals surface area contributed by atoms with Crippen LogP contribution >= 0.6 is 0 Å². The zero-order chi connectivity index (χ0) is 45.9. The minimum absolute atomic E-state index is 0.607. The molecule has 2 aliphatic carbocycles. The predicted molar refractivity (Wildman–Crippen MR) is 288 cm³/mol. The molecule has 11 aromatic carbocycles. The van der Waals surface area contributed by atoms with Crippen molar-refractivity contribution in [3.63, 3.8) is 0 Å². The van der Waals surface area contributed by atoms with Gasteiger partial charge in [0.05, 0.1) is 5.41 Å². The molecule has 2 aliphatic rings. The van der Waals surface area contributed by atoms with Crippen LogP contribution in [0.4, 0.5) is 17.1 Å². The number of furan rings is 2. The van der Waals surface area contributed by atoms with Gasteiger partial charge < -0.3 is 13.7 Å². The number of fused-ring (bicyclic) bond motifs is 18. The Morgan fingerprint density at radius 2 is 0.614 bits per heavy atom. The summed E-state index contributed by atoms with van der Waals surface area (Å²) in [5.41, 5.74) is 23.1. The summed E-state index contributed by atoms with van der Waals surface area (Å²) < 4.78 is 13.1. The normalized spacial score (nSPS) is 13.0. The van der Waals surface area contributed by atoms with Crippen molar-refractivity contribution in [3.8, 4) is 55.6 Å². The van der Waals surface area contributed by atoms with Crippen molar-refractivity contribution in [2.24, 2.45) is 0 Å². The van der Waals surface area contributed by atoms with Crippen LogP contribution in [0.5, 0.6) is 0 Å². The van der Waals surface area contributed by atoms with Gasteiger partial charge in [0.2, 0.25) is 0 Å². The van der Waals surface area contributed by atoms with Crippen molar-refractivity contribution in [1.29, 1.82) is 0 Å². The number of anilines is 3. The van der Waals surface area contributed by atoms with E-state index in [1.807, 2.05) is 24.3 Å². The molecule has 1 spiro atoms. The minimum Gasteiger partial charge on any atom is -0.455 e. The Morgan fingerprint density at radius 3 is 1.10 bits per heavy atom. The first-order valence-corrected chi connectivity index (χ1v) is 24.1. The molecule has 15 rings (SSSR count). The fraction of sp³-hybridized carbons (Fsp3) is 0.0149. The van der Waals surface area contributed by atoms with Crippen molar-refractivity contribution >= 4 is 60.9 Å². The summed E-state index contributed by atoms with van der Waals surface area (Å²) in [4.78, 5) is 2.41. The Kier molecular flexibility index (Phi) is 8.28. The van der Waals surface area contributed by atoms with Crippen molar-refractivity contribution in [2.45, 2.75) is 5.41 Å². The number of nitrogens with zero attached hydrogens (tertiary/aromatic N) is 1. The highest BCUT2D eigenvalue weighted by Crippen LogP contribution is 2.62. The Bertz CT molecular complexity index is 4020. The van der Waals surface area contributed by atoms with E-state index in [2.05, 4.69) is 229 Å². The molecule has 0 fully saturated rings. The summed E-state index contributed by atoms with van der Waals surface area (Å²) in [5.74, 6) is 0. The van der Waals surface area contributed by atoms with E-state index < -0.39 is 5.41 Å². The molecular weight excluding hydrogens is 851 g/mol. The van der Waals surface area contributed by atoms with E-state index in [4.69, 9.17) is 8.83 Å². The van der Waals surface area contributed by atoms with Gasteiger partial charge in [-0.3, -0.25) is 0 Å². The summed E-state index contributed by atoms with van der Waals surface area (Å²) in [6, 6.07) is 90.8. The second-order valence-electron chi connectivity index (χ2n) is 18.7. The molecule has 0 amide bonds. The van der Waals surface area contributed by atoms with Crippen LogP contribution in [0.25, 0.3) is 99.5 Å². The maximum absolute atomic E-state index is 6.53. The van der Waals surface area contributed by atoms with Gasteiger partial charge in [-0.1, -0.05) is 200 Å². The van der Waals surface area contributed by atoms with E-state index >= 15 is 0 Å². The smallest absolute Gasteiger partial charge is 0.143 e. The third kappa shape index (κ3) is 5.46. The highest BCUT2D eigenvalue weighted by molar-refractivity contribution is 6.11. The molecule has 0 aliphatic heterocycles. The van der Waals surface area contributed by atoms with Gasteiger partial charge in [0.1, 0.15) is 22.3 Å². The summed E-state index contributed by atoms with van der Waals surface area (Å²) >= 11 is 0. The zero-order valence-electron chi connectivity index (χ0n) is 37.9. The van der Waals surface area contributed by atoms with Gasteiger partial charge in [-0.2, -0.15) is 0 Å². The predicted octanol–water partition coefficient (Wildman–Crippen LogP) is 18.3. The Hall–Kier alpha value is -9.18. The monoisotopic (exact) mass is 891 g/mol. The maximum Gasteiger partial charge on any atom is 0.143 e. The van der Waals surface area contributed by atoms with Crippen LogP contribution < -0.4 is 4.90 Å². The average molecular weight is 892 g/mol. The molecule has 70 heavy (non-hydrogen) atoms. The van der Waals surface area contributed by atoms with Gasteiger partial charge in [0.25, 0.3) is 0 Å². The van der Waals surface area contributed by atoms with Crippen molar-refractivity contribution in [2.75, 3.05) is 4.90 Å². The van der Waals surface area contributed by atoms with E-state index in [-0.39, 0.29) is 0 Å². The highest BCUT2D eigenvalue weighted by atomic mass is 16.3. The molecule has 0 N–H and O–H groups in total. The number of hydrogen-bond acceptors (Lipinski definition) is 3. The Balaban J connectivity index is 0.943. The van der Waals surface area contributed by atoms with Gasteiger partial charge in [-0.05, 0) is 115 Å². The molecular formula is C67H41NO2. The summed E-state index contributed by atoms with van der Waals surface area (Å²) in [6.07, 6.45) is 0. The number of para-hydroxylation sites is 4. The molecule has 0 radical (unpaired) electrons. The second-order valence-corrected chi connectivity index (χ2v) is 18.7. The van der Waals surface area contributed by atoms with Gasteiger partial charge in [0.15, 0.2) is 0 Å². The van der Waals surface area contributed by atoms with Crippen LogP contribution in [-0.4, -0.2) is 0 Å². The van der Waals surface area contributed by atoms with E-state index in [0.29, 0.717) is 0 Å². The molecule has 0 bridgehead atoms. The lowest BCUT2D eigenvalue weighted by atomic mass is 9.66. The van der Waals surface area contributed by atoms with Crippen molar-refractivity contribution in [3.05, 3.63) is 271 Å². The lowest BCUT2D eigenvalue weighted by Crippen LogP contribution is -2.29. The van der Waals surface area contributed by atoms with E-state index in [0.717, 1.165) is 83.2 Å². The highest BCUT2D eigenvalue weighted by Gasteiger charge is 2.50. The molecule has 2 heterocycles. The SMILES string of the molecule is c1ccc2c(c1)-c1ccccc1C1(c3ccccc3-2)c2ccccc2-c2ccc(N(c3ccc(-c4cccc5c4oc4ccccc45)cc3)c3ccc(-c4cccc5c4oc4ccccc45)cc3)cc21. The average Bonchev–Trinajstić information content (AvgIpc) is 4.08. The van der Waals surface area contributed by atoms with Crippen molar-refractivity contribution < 1.29 is 8.83 Å². The van der Waals surface area contributed by atoms with Crippen LogP contribution in [0.1, 0.15) is 22.3 Å². The number of rotatable bonds is 5. The zero-order valence-corrected chi connectivity index (χ0v) is 37.9. The quantitative estimate of drug-likeness (QED) is 0.172. The Labute approximate surface area is 404 Å². The van der Waals surface area contributed by atoms with Gasteiger partial charge in [-0.25, -0.2) is 0 Å². The molecule has 2 aromatic heterocycles. The number of hydrogen-bond donors (Lipinski definition) is 0. The summed E-state index contributed by atoms with van der Waals surface area (Å²) in [7, 11) is 0. The first-order valence-electron chi connectivity index (χ1n) is 24.1. The third-order valence-electron chi connectivity index (χ3n) is 15.1. The lowest BCUT2D eigenvalue weighted by Gasteiger charge is -2.36. The molecule has 0 unspecified atom stereocenters. The molecule has 326 valence electrons. The van der Waals surface area contributed by atoms with Crippen LogP contribution in [-0.2, 0) is 5.41 Å². The Morgan fingerprint density at radius 1 is 0.257 bits per heavy atom. The largest absolute Gasteiger partial charge is 0.455 e. The van der Waals surface area contributed by atoms with Gasteiger partial charge in [0, 0.05) is 49.7 Å². The minimum atomic E-state index is -0.607. The van der Waals surface area contributed by atoms with Crippen molar-refractivity contribution in [1.82, 2.24) is 0 Å². The fourth-order valence-electron chi connectivity index (χ4n) is 12.2. The first-order chi connectivity index (χ1) is 34.7. The molecule has 0 saturated carbocycles. The molecule has 3 heteroatoms. The van der Waals surface area contributed by atoms with Gasteiger partial charge >= 0.3 is 0 Å². The second kappa shape index (κ2) is 14.9. The maximum atomic E-state index is 6.53. The van der Waals surface area contributed by atoms with Crippen LogP contribution in [0, 0.1) is 0 Å². The fourth-order valence-corrected chi connectivity index (χ4v) is 12.2. The topological polar surface area (TPSA) is 29.5 Å². The molecule has 0 atom stereocenters. The standard InChI is InChI=1S/C67H41NO2/c1-2-16-50-49(15-1)51-17-3-8-26-59(51)67(60-27-9-4-18-52(50)60)61-28-10-5-19-53(61)54-40-39-46(41-62(54)67)68(44-35-31-42(32-36-44)47-22-13-24-57-55-20-6-11-29-63(55)69-65(47)57)45-37-33-43(34-38-45)48-23-14-25-58-56-21-7-12-30-64(56)70-66(48)58/h1-41H. The lowest BCUT2D eigenvalue weighted by molar-refractivity contribution is 0.669. The summed E-state index contributed by atoms with van der Waals surface area (Å²) in [6.45, 7) is 0. The first kappa shape index (κ1) is 38.9. The van der Waals surface area contributed by atoms with Crippen LogP contribution in [0.3, 0.4) is 0 Å². The van der Waals surface area contributed by atoms with Gasteiger partial charge in [-0.15, -0.1) is 0 Å². The number of benzene rings is 11. The molecule has 3 nitrogen and oxygen atoms in total. The van der Waals surface area contributed by atoms with E-state index in [9.17, 15) is 0 Å². The van der Waals surface area contributed by atoms with Crippen LogP contribution in [0.2, 0.25) is 0 Å². The van der Waals surface area contributed by atoms with Crippen LogP contribution in [0.15, 0.2) is 258 Å². The third-order valence-corrected chi connectivity index (χ3v) is 15.1. The van der Waals surface area contributed by atoms with E-state index in [1.165, 1.54) is 55.6 Å².